The van der Waals surface area contributed by atoms with Crippen molar-refractivity contribution in [2.24, 2.45) is 0 Å². The van der Waals surface area contributed by atoms with Gasteiger partial charge in [0.2, 0.25) is 0 Å². The fourth-order valence-electron chi connectivity index (χ4n) is 2.92. The summed E-state index contributed by atoms with van der Waals surface area (Å²) in [6.07, 6.45) is 5.16. The molecular formula is C15H20N2. The van der Waals surface area contributed by atoms with Crippen molar-refractivity contribution in [1.29, 1.82) is 0 Å². The van der Waals surface area contributed by atoms with Gasteiger partial charge in [0, 0.05) is 23.1 Å². The molecule has 2 aromatic rings. The number of aryl methyl sites for hydroxylation is 2. The summed E-state index contributed by atoms with van der Waals surface area (Å²) in [4.78, 5) is 5.81. The summed E-state index contributed by atoms with van der Waals surface area (Å²) in [7, 11) is 4.24. The molecule has 0 spiro atoms. The molecule has 0 radical (unpaired) electrons. The molecule has 3 rings (SSSR count). The molecule has 1 aliphatic rings. The summed E-state index contributed by atoms with van der Waals surface area (Å²) in [5.41, 5.74) is 5.79. The SMILES string of the molecule is CN(C)Cc1ccc2[nH]c3c(c2c1)CCCC3. The molecule has 1 aliphatic carbocycles. The fourth-order valence-corrected chi connectivity index (χ4v) is 2.92. The molecule has 0 saturated carbocycles. The average molecular weight is 228 g/mol. The van der Waals surface area contributed by atoms with Crippen LogP contribution in [0.2, 0.25) is 0 Å². The largest absolute Gasteiger partial charge is 0.358 e. The second-order valence-electron chi connectivity index (χ2n) is 5.41. The summed E-state index contributed by atoms with van der Waals surface area (Å²) in [6, 6.07) is 6.85. The normalized spacial score (nSPS) is 15.5. The average Bonchev–Trinajstić information content (AvgIpc) is 2.66. The van der Waals surface area contributed by atoms with Gasteiger partial charge in [0.15, 0.2) is 0 Å². The Hall–Kier alpha value is -1.28. The van der Waals surface area contributed by atoms with Crippen LogP contribution in [0.25, 0.3) is 10.9 Å². The van der Waals surface area contributed by atoms with Crippen molar-refractivity contribution in [3.63, 3.8) is 0 Å². The third-order valence-electron chi connectivity index (χ3n) is 3.66. The molecule has 1 heterocycles. The number of nitrogens with zero attached hydrogens (tertiary/aromatic N) is 1. The van der Waals surface area contributed by atoms with Gasteiger partial charge in [-0.25, -0.2) is 0 Å². The lowest BCUT2D eigenvalue weighted by Gasteiger charge is -2.11. The first-order valence-corrected chi connectivity index (χ1v) is 6.51. The Labute approximate surface area is 103 Å². The van der Waals surface area contributed by atoms with Crippen molar-refractivity contribution in [3.8, 4) is 0 Å². The predicted octanol–water partition coefficient (Wildman–Crippen LogP) is 3.11. The highest BCUT2D eigenvalue weighted by Crippen LogP contribution is 2.29. The van der Waals surface area contributed by atoms with E-state index in [-0.39, 0.29) is 0 Å². The van der Waals surface area contributed by atoms with E-state index < -0.39 is 0 Å². The van der Waals surface area contributed by atoms with Gasteiger partial charge in [0.1, 0.15) is 0 Å². The molecule has 0 amide bonds. The van der Waals surface area contributed by atoms with E-state index in [1.165, 1.54) is 47.8 Å². The number of H-pyrrole nitrogens is 1. The number of benzene rings is 1. The summed E-state index contributed by atoms with van der Waals surface area (Å²) in [6.45, 7) is 1.02. The third kappa shape index (κ3) is 1.98. The van der Waals surface area contributed by atoms with Crippen LogP contribution in [0.3, 0.4) is 0 Å². The zero-order chi connectivity index (χ0) is 11.8. The van der Waals surface area contributed by atoms with Gasteiger partial charge in [0.05, 0.1) is 0 Å². The minimum Gasteiger partial charge on any atom is -0.358 e. The van der Waals surface area contributed by atoms with Gasteiger partial charge in [-0.1, -0.05) is 6.07 Å². The van der Waals surface area contributed by atoms with Crippen LogP contribution >= 0.6 is 0 Å². The molecule has 17 heavy (non-hydrogen) atoms. The maximum absolute atomic E-state index is 3.58. The molecule has 0 aliphatic heterocycles. The molecule has 0 atom stereocenters. The highest BCUT2D eigenvalue weighted by molar-refractivity contribution is 5.85. The predicted molar refractivity (Wildman–Crippen MR) is 72.3 cm³/mol. The Morgan fingerprint density at radius 2 is 2.00 bits per heavy atom. The van der Waals surface area contributed by atoms with Gasteiger partial charge in [-0.2, -0.15) is 0 Å². The minimum absolute atomic E-state index is 1.02. The van der Waals surface area contributed by atoms with Crippen LogP contribution in [0, 0.1) is 0 Å². The van der Waals surface area contributed by atoms with E-state index in [4.69, 9.17) is 0 Å². The lowest BCUT2D eigenvalue weighted by atomic mass is 9.95. The molecular weight excluding hydrogens is 208 g/mol. The Morgan fingerprint density at radius 1 is 1.18 bits per heavy atom. The first kappa shape index (κ1) is 10.8. The van der Waals surface area contributed by atoms with Gasteiger partial charge < -0.3 is 9.88 Å². The molecule has 0 fully saturated rings. The Kier molecular flexibility index (Phi) is 2.67. The Balaban J connectivity index is 2.08. The van der Waals surface area contributed by atoms with E-state index in [1.807, 2.05) is 0 Å². The van der Waals surface area contributed by atoms with E-state index in [1.54, 1.807) is 5.56 Å². The number of hydrogen-bond acceptors (Lipinski definition) is 1. The number of aromatic nitrogens is 1. The Bertz CT molecular complexity index is 537. The Morgan fingerprint density at radius 3 is 2.82 bits per heavy atom. The van der Waals surface area contributed by atoms with Crippen molar-refractivity contribution < 1.29 is 0 Å². The van der Waals surface area contributed by atoms with E-state index >= 15 is 0 Å². The maximum atomic E-state index is 3.58. The van der Waals surface area contributed by atoms with Gasteiger partial charge in [-0.05, 0) is 63.0 Å². The zero-order valence-corrected chi connectivity index (χ0v) is 10.7. The van der Waals surface area contributed by atoms with Crippen molar-refractivity contribution >= 4 is 10.9 Å². The van der Waals surface area contributed by atoms with Crippen LogP contribution in [0.5, 0.6) is 0 Å². The lowest BCUT2D eigenvalue weighted by molar-refractivity contribution is 0.403. The summed E-state index contributed by atoms with van der Waals surface area (Å²) >= 11 is 0. The number of hydrogen-bond donors (Lipinski definition) is 1. The molecule has 0 bridgehead atoms. The van der Waals surface area contributed by atoms with Crippen LogP contribution < -0.4 is 0 Å². The van der Waals surface area contributed by atoms with E-state index in [0.717, 1.165) is 6.54 Å². The van der Waals surface area contributed by atoms with Gasteiger partial charge in [0.25, 0.3) is 0 Å². The lowest BCUT2D eigenvalue weighted by Crippen LogP contribution is -2.10. The molecule has 90 valence electrons. The van der Waals surface area contributed by atoms with Crippen molar-refractivity contribution in [2.45, 2.75) is 32.2 Å². The monoisotopic (exact) mass is 228 g/mol. The van der Waals surface area contributed by atoms with Crippen LogP contribution in [0.4, 0.5) is 0 Å². The van der Waals surface area contributed by atoms with Gasteiger partial charge in [-0.15, -0.1) is 0 Å². The van der Waals surface area contributed by atoms with Gasteiger partial charge in [-0.3, -0.25) is 0 Å². The quantitative estimate of drug-likeness (QED) is 0.836. The fraction of sp³-hybridized carbons (Fsp3) is 0.467. The van der Waals surface area contributed by atoms with E-state index in [0.29, 0.717) is 0 Å². The number of fused-ring (bicyclic) bond motifs is 3. The molecule has 0 saturated heterocycles. The molecule has 1 N–H and O–H groups in total. The summed E-state index contributed by atoms with van der Waals surface area (Å²) in [5.74, 6) is 0. The number of aromatic amines is 1. The molecule has 1 aromatic carbocycles. The molecule has 1 aromatic heterocycles. The molecule has 2 nitrogen and oxygen atoms in total. The van der Waals surface area contributed by atoms with Crippen LogP contribution in [-0.2, 0) is 19.4 Å². The third-order valence-corrected chi connectivity index (χ3v) is 3.66. The van der Waals surface area contributed by atoms with E-state index in [9.17, 15) is 0 Å². The van der Waals surface area contributed by atoms with Crippen LogP contribution in [0.15, 0.2) is 18.2 Å². The van der Waals surface area contributed by atoms with Crippen molar-refractivity contribution in [2.75, 3.05) is 14.1 Å². The standard InChI is InChI=1S/C15H20N2/c1-17(2)10-11-7-8-15-13(9-11)12-5-3-4-6-14(12)16-15/h7-9,16H,3-6,10H2,1-2H3. The second kappa shape index (κ2) is 4.19. The first-order chi connectivity index (χ1) is 8.24. The highest BCUT2D eigenvalue weighted by Gasteiger charge is 2.15. The van der Waals surface area contributed by atoms with E-state index in [2.05, 4.69) is 42.2 Å². The van der Waals surface area contributed by atoms with Gasteiger partial charge >= 0.3 is 0 Å². The first-order valence-electron chi connectivity index (χ1n) is 6.51. The zero-order valence-electron chi connectivity index (χ0n) is 10.7. The minimum atomic E-state index is 1.02. The smallest absolute Gasteiger partial charge is 0.0459 e. The van der Waals surface area contributed by atoms with Crippen molar-refractivity contribution in [3.05, 3.63) is 35.0 Å². The number of rotatable bonds is 2. The molecule has 0 unspecified atom stereocenters. The molecule has 2 heteroatoms. The van der Waals surface area contributed by atoms with Crippen LogP contribution in [-0.4, -0.2) is 24.0 Å². The highest BCUT2D eigenvalue weighted by atomic mass is 15.0. The van der Waals surface area contributed by atoms with Crippen LogP contribution in [0.1, 0.15) is 29.7 Å². The topological polar surface area (TPSA) is 19.0 Å². The summed E-state index contributed by atoms with van der Waals surface area (Å²) in [5, 5.41) is 1.46. The summed E-state index contributed by atoms with van der Waals surface area (Å²) < 4.78 is 0. The number of nitrogens with one attached hydrogen (secondary N) is 1. The van der Waals surface area contributed by atoms with Crippen molar-refractivity contribution in [1.82, 2.24) is 9.88 Å². The second-order valence-corrected chi connectivity index (χ2v) is 5.41. The maximum Gasteiger partial charge on any atom is 0.0459 e.